The molecule has 0 saturated carbocycles. The van der Waals surface area contributed by atoms with Crippen LogP contribution in [0.5, 0.6) is 0 Å². The highest BCUT2D eigenvalue weighted by Crippen LogP contribution is 2.15. The van der Waals surface area contributed by atoms with Gasteiger partial charge in [0, 0.05) is 24.8 Å². The van der Waals surface area contributed by atoms with Gasteiger partial charge in [-0.15, -0.1) is 0 Å². The Labute approximate surface area is 117 Å². The normalized spacial score (nSPS) is 11.6. The number of hydrogen-bond donors (Lipinski definition) is 2. The molecule has 0 aliphatic heterocycles. The van der Waals surface area contributed by atoms with Gasteiger partial charge in [0.1, 0.15) is 12.2 Å². The minimum atomic E-state index is 0.102. The van der Waals surface area contributed by atoms with Gasteiger partial charge < -0.3 is 15.8 Å². The number of rotatable bonds is 5. The van der Waals surface area contributed by atoms with Crippen molar-refractivity contribution in [1.29, 1.82) is 0 Å². The Balaban J connectivity index is 2.11. The lowest BCUT2D eigenvalue weighted by Crippen LogP contribution is -2.20. The van der Waals surface area contributed by atoms with Crippen molar-refractivity contribution in [3.63, 3.8) is 0 Å². The molecule has 1 aromatic heterocycles. The standard InChI is InChI=1S/C13H18N6O/c1-3-19-12(15-9-16-19)8-18(2)11-6-4-10(5-7-11)13(14)17-20/h4-7,9,20H,3,8H2,1-2H3,(H2,14,17). The number of oxime groups is 1. The molecule has 106 valence electrons. The molecule has 0 amide bonds. The predicted molar refractivity (Wildman–Crippen MR) is 76.8 cm³/mol. The third kappa shape index (κ3) is 2.87. The molecule has 0 atom stereocenters. The van der Waals surface area contributed by atoms with Gasteiger partial charge in [-0.3, -0.25) is 0 Å². The van der Waals surface area contributed by atoms with E-state index in [-0.39, 0.29) is 5.84 Å². The van der Waals surface area contributed by atoms with E-state index in [2.05, 4.69) is 20.1 Å². The van der Waals surface area contributed by atoms with E-state index in [9.17, 15) is 0 Å². The van der Waals surface area contributed by atoms with Crippen molar-refractivity contribution in [2.24, 2.45) is 10.9 Å². The van der Waals surface area contributed by atoms with Gasteiger partial charge in [-0.1, -0.05) is 5.16 Å². The summed E-state index contributed by atoms with van der Waals surface area (Å²) < 4.78 is 1.86. The fourth-order valence-corrected chi connectivity index (χ4v) is 1.92. The van der Waals surface area contributed by atoms with Gasteiger partial charge in [0.15, 0.2) is 5.84 Å². The van der Waals surface area contributed by atoms with E-state index in [1.54, 1.807) is 6.33 Å². The Hall–Kier alpha value is -2.57. The molecule has 7 nitrogen and oxygen atoms in total. The number of amidine groups is 1. The van der Waals surface area contributed by atoms with E-state index in [0.29, 0.717) is 12.1 Å². The summed E-state index contributed by atoms with van der Waals surface area (Å²) in [5, 5.41) is 15.8. The molecule has 2 rings (SSSR count). The van der Waals surface area contributed by atoms with Crippen molar-refractivity contribution in [3.05, 3.63) is 42.0 Å². The van der Waals surface area contributed by atoms with Crippen LogP contribution in [-0.4, -0.2) is 32.9 Å². The van der Waals surface area contributed by atoms with Crippen LogP contribution in [0.2, 0.25) is 0 Å². The molecule has 3 N–H and O–H groups in total. The molecule has 0 aliphatic carbocycles. The Bertz CT molecular complexity index is 589. The second kappa shape index (κ2) is 6.05. The number of aryl methyl sites for hydroxylation is 1. The first kappa shape index (κ1) is 13.9. The fourth-order valence-electron chi connectivity index (χ4n) is 1.92. The molecule has 0 bridgehead atoms. The summed E-state index contributed by atoms with van der Waals surface area (Å²) >= 11 is 0. The Morgan fingerprint density at radius 1 is 1.40 bits per heavy atom. The van der Waals surface area contributed by atoms with E-state index in [4.69, 9.17) is 10.9 Å². The second-order valence-corrected chi connectivity index (χ2v) is 4.38. The number of aromatic nitrogens is 3. The molecule has 0 spiro atoms. The Kier molecular flexibility index (Phi) is 4.19. The van der Waals surface area contributed by atoms with Crippen molar-refractivity contribution in [3.8, 4) is 0 Å². The SMILES string of the molecule is CCn1ncnc1CN(C)c1ccc(C(N)=NO)cc1. The molecule has 0 fully saturated rings. The van der Waals surface area contributed by atoms with Gasteiger partial charge in [-0.05, 0) is 31.2 Å². The van der Waals surface area contributed by atoms with Crippen molar-refractivity contribution in [2.45, 2.75) is 20.0 Å². The molecule has 20 heavy (non-hydrogen) atoms. The maximum Gasteiger partial charge on any atom is 0.170 e. The highest BCUT2D eigenvalue weighted by molar-refractivity contribution is 5.97. The van der Waals surface area contributed by atoms with E-state index < -0.39 is 0 Å². The molecule has 0 radical (unpaired) electrons. The molecule has 1 aromatic carbocycles. The zero-order chi connectivity index (χ0) is 14.5. The summed E-state index contributed by atoms with van der Waals surface area (Å²) in [6, 6.07) is 7.46. The maximum atomic E-state index is 8.63. The number of hydrogen-bond acceptors (Lipinski definition) is 5. The summed E-state index contributed by atoms with van der Waals surface area (Å²) in [5.74, 6) is 1.01. The van der Waals surface area contributed by atoms with Crippen LogP contribution >= 0.6 is 0 Å². The van der Waals surface area contributed by atoms with E-state index in [0.717, 1.165) is 18.1 Å². The largest absolute Gasteiger partial charge is 0.409 e. The first-order chi connectivity index (χ1) is 9.65. The molecular formula is C13H18N6O. The van der Waals surface area contributed by atoms with Crippen LogP contribution in [0.3, 0.4) is 0 Å². The van der Waals surface area contributed by atoms with Crippen LogP contribution in [0, 0.1) is 0 Å². The third-order valence-corrected chi connectivity index (χ3v) is 3.09. The topological polar surface area (TPSA) is 92.6 Å². The van der Waals surface area contributed by atoms with Crippen molar-refractivity contribution >= 4 is 11.5 Å². The molecule has 0 aliphatic rings. The van der Waals surface area contributed by atoms with Crippen LogP contribution in [0.1, 0.15) is 18.3 Å². The summed E-state index contributed by atoms with van der Waals surface area (Å²) in [5.41, 5.74) is 7.23. The maximum absolute atomic E-state index is 8.63. The lowest BCUT2D eigenvalue weighted by Gasteiger charge is -2.19. The number of nitrogens with two attached hydrogens (primary N) is 1. The first-order valence-corrected chi connectivity index (χ1v) is 6.31. The van der Waals surface area contributed by atoms with E-state index >= 15 is 0 Å². The molecule has 7 heteroatoms. The second-order valence-electron chi connectivity index (χ2n) is 4.38. The first-order valence-electron chi connectivity index (χ1n) is 6.31. The highest BCUT2D eigenvalue weighted by Gasteiger charge is 2.08. The fraction of sp³-hybridized carbons (Fsp3) is 0.308. The van der Waals surface area contributed by atoms with Crippen LogP contribution in [0.4, 0.5) is 5.69 Å². The average Bonchev–Trinajstić information content (AvgIpc) is 2.93. The molecule has 0 unspecified atom stereocenters. The van der Waals surface area contributed by atoms with E-state index in [1.807, 2.05) is 42.9 Å². The third-order valence-electron chi connectivity index (χ3n) is 3.09. The van der Waals surface area contributed by atoms with Crippen LogP contribution in [0.15, 0.2) is 35.7 Å². The summed E-state index contributed by atoms with van der Waals surface area (Å²) in [6.45, 7) is 3.49. The monoisotopic (exact) mass is 274 g/mol. The minimum Gasteiger partial charge on any atom is -0.409 e. The Morgan fingerprint density at radius 3 is 2.70 bits per heavy atom. The lowest BCUT2D eigenvalue weighted by molar-refractivity contribution is 0.318. The zero-order valence-corrected chi connectivity index (χ0v) is 11.6. The van der Waals surface area contributed by atoms with Gasteiger partial charge in [0.25, 0.3) is 0 Å². The molecule has 1 heterocycles. The van der Waals surface area contributed by atoms with E-state index in [1.165, 1.54) is 0 Å². The van der Waals surface area contributed by atoms with Gasteiger partial charge in [-0.25, -0.2) is 9.67 Å². The zero-order valence-electron chi connectivity index (χ0n) is 11.6. The number of benzene rings is 1. The number of anilines is 1. The van der Waals surface area contributed by atoms with Crippen molar-refractivity contribution in [1.82, 2.24) is 14.8 Å². The van der Waals surface area contributed by atoms with Crippen LogP contribution in [-0.2, 0) is 13.1 Å². The van der Waals surface area contributed by atoms with Gasteiger partial charge in [0.05, 0.1) is 6.54 Å². The van der Waals surface area contributed by atoms with Crippen LogP contribution in [0.25, 0.3) is 0 Å². The predicted octanol–water partition coefficient (Wildman–Crippen LogP) is 1.03. The summed E-state index contributed by atoms with van der Waals surface area (Å²) in [7, 11) is 1.98. The summed E-state index contributed by atoms with van der Waals surface area (Å²) in [4.78, 5) is 6.31. The molecule has 2 aromatic rings. The van der Waals surface area contributed by atoms with Crippen molar-refractivity contribution < 1.29 is 5.21 Å². The van der Waals surface area contributed by atoms with Gasteiger partial charge in [-0.2, -0.15) is 5.10 Å². The smallest absolute Gasteiger partial charge is 0.170 e. The van der Waals surface area contributed by atoms with Crippen molar-refractivity contribution in [2.75, 3.05) is 11.9 Å². The quantitative estimate of drug-likeness (QED) is 0.367. The van der Waals surface area contributed by atoms with Crippen LogP contribution < -0.4 is 10.6 Å². The lowest BCUT2D eigenvalue weighted by atomic mass is 10.2. The minimum absolute atomic E-state index is 0.102. The van der Waals surface area contributed by atoms with Gasteiger partial charge in [0.2, 0.25) is 0 Å². The van der Waals surface area contributed by atoms with Gasteiger partial charge >= 0.3 is 0 Å². The summed E-state index contributed by atoms with van der Waals surface area (Å²) in [6.07, 6.45) is 1.56. The average molecular weight is 274 g/mol. The molecular weight excluding hydrogens is 256 g/mol. The molecule has 0 saturated heterocycles. The highest BCUT2D eigenvalue weighted by atomic mass is 16.4. The Morgan fingerprint density at radius 2 is 2.10 bits per heavy atom. The number of nitrogens with zero attached hydrogens (tertiary/aromatic N) is 5.